The third kappa shape index (κ3) is 3.10. The summed E-state index contributed by atoms with van der Waals surface area (Å²) in [4.78, 5) is 19.7. The van der Waals surface area contributed by atoms with Gasteiger partial charge in [0.1, 0.15) is 11.0 Å². The van der Waals surface area contributed by atoms with Crippen molar-refractivity contribution >= 4 is 34.1 Å². The molecule has 0 radical (unpaired) electrons. The first-order valence-corrected chi connectivity index (χ1v) is 10.2. The molecule has 2 unspecified atom stereocenters. The van der Waals surface area contributed by atoms with Gasteiger partial charge < -0.3 is 9.32 Å². The van der Waals surface area contributed by atoms with Crippen LogP contribution < -0.4 is 10.5 Å². The van der Waals surface area contributed by atoms with E-state index in [9.17, 15) is 4.79 Å². The monoisotopic (exact) mass is 356 g/mol. The predicted molar refractivity (Wildman–Crippen MR) is 106 cm³/mol. The van der Waals surface area contributed by atoms with Crippen LogP contribution >= 0.6 is 11.8 Å². The average molecular weight is 356 g/mol. The second kappa shape index (κ2) is 6.87. The van der Waals surface area contributed by atoms with Crippen LogP contribution in [0, 0.1) is 0 Å². The zero-order valence-corrected chi connectivity index (χ0v) is 15.6. The highest BCUT2D eigenvalue weighted by atomic mass is 32.2. The van der Waals surface area contributed by atoms with Crippen molar-refractivity contribution in [3.8, 4) is 0 Å². The maximum atomic E-state index is 12.6. The van der Waals surface area contributed by atoms with E-state index in [1.807, 2.05) is 23.9 Å². The number of rotatable bonds is 4. The molecule has 2 atom stereocenters. The van der Waals surface area contributed by atoms with E-state index < -0.39 is 0 Å². The minimum absolute atomic E-state index is 0.0961. The number of fused-ring (bicyclic) bond motifs is 2. The Balaban J connectivity index is 1.70. The Morgan fingerprint density at radius 3 is 2.84 bits per heavy atom. The van der Waals surface area contributed by atoms with Gasteiger partial charge in [-0.1, -0.05) is 6.42 Å². The molecule has 0 spiro atoms. The van der Waals surface area contributed by atoms with Crippen LogP contribution in [0.25, 0.3) is 11.0 Å². The molecule has 5 heteroatoms. The fraction of sp³-hybridized carbons (Fsp3) is 0.500. The lowest BCUT2D eigenvalue weighted by Gasteiger charge is -2.21. The molecule has 0 amide bonds. The molecule has 0 bridgehead atoms. The van der Waals surface area contributed by atoms with Gasteiger partial charge in [0, 0.05) is 41.2 Å². The van der Waals surface area contributed by atoms with Gasteiger partial charge >= 0.3 is 5.63 Å². The predicted octanol–water partition coefficient (Wildman–Crippen LogP) is 4.77. The largest absolute Gasteiger partial charge is 0.422 e. The van der Waals surface area contributed by atoms with Crippen molar-refractivity contribution in [3.05, 3.63) is 40.2 Å². The van der Waals surface area contributed by atoms with Gasteiger partial charge in [0.05, 0.1) is 5.56 Å². The number of anilines is 1. The Hall–Kier alpha value is -1.75. The van der Waals surface area contributed by atoms with Gasteiger partial charge in [0.15, 0.2) is 0 Å². The summed E-state index contributed by atoms with van der Waals surface area (Å²) >= 11 is 1.81. The minimum Gasteiger partial charge on any atom is -0.422 e. The highest BCUT2D eigenvalue weighted by molar-refractivity contribution is 8.01. The fourth-order valence-electron chi connectivity index (χ4n) is 3.81. The molecular weight excluding hydrogens is 332 g/mol. The van der Waals surface area contributed by atoms with E-state index >= 15 is 0 Å². The quantitative estimate of drug-likeness (QED) is 0.741. The van der Waals surface area contributed by atoms with Crippen LogP contribution in [-0.4, -0.2) is 24.1 Å². The average Bonchev–Trinajstić information content (AvgIpc) is 3.06. The summed E-state index contributed by atoms with van der Waals surface area (Å²) in [5, 5.41) is 1.38. The summed E-state index contributed by atoms with van der Waals surface area (Å²) in [7, 11) is 0. The molecule has 0 saturated heterocycles. The molecule has 132 valence electrons. The van der Waals surface area contributed by atoms with E-state index in [1.165, 1.54) is 25.0 Å². The highest BCUT2D eigenvalue weighted by Gasteiger charge is 2.33. The molecule has 1 saturated carbocycles. The van der Waals surface area contributed by atoms with E-state index in [0.29, 0.717) is 16.4 Å². The smallest absolute Gasteiger partial charge is 0.342 e. The second-order valence-electron chi connectivity index (χ2n) is 6.73. The lowest BCUT2D eigenvalue weighted by Crippen LogP contribution is -2.21. The van der Waals surface area contributed by atoms with Crippen molar-refractivity contribution in [3.63, 3.8) is 0 Å². The minimum atomic E-state index is -0.246. The van der Waals surface area contributed by atoms with Crippen molar-refractivity contribution in [2.24, 2.45) is 4.99 Å². The zero-order valence-electron chi connectivity index (χ0n) is 14.8. The van der Waals surface area contributed by atoms with Crippen LogP contribution in [0.4, 0.5) is 5.69 Å². The van der Waals surface area contributed by atoms with Crippen LogP contribution in [0.2, 0.25) is 0 Å². The molecule has 1 aromatic heterocycles. The third-order valence-corrected chi connectivity index (χ3v) is 6.69. The fourth-order valence-corrected chi connectivity index (χ4v) is 5.27. The molecule has 25 heavy (non-hydrogen) atoms. The van der Waals surface area contributed by atoms with Crippen molar-refractivity contribution in [2.75, 3.05) is 18.0 Å². The number of hydrogen-bond donors (Lipinski definition) is 0. The maximum absolute atomic E-state index is 12.6. The summed E-state index contributed by atoms with van der Waals surface area (Å²) in [5.41, 5.74) is 3.48. The lowest BCUT2D eigenvalue weighted by molar-refractivity contribution is 0.550. The van der Waals surface area contributed by atoms with Gasteiger partial charge in [0.25, 0.3) is 0 Å². The Bertz CT molecular complexity index is 870. The molecule has 4 nitrogen and oxygen atoms in total. The van der Waals surface area contributed by atoms with Crippen LogP contribution in [0.5, 0.6) is 0 Å². The van der Waals surface area contributed by atoms with Crippen molar-refractivity contribution in [2.45, 2.75) is 50.2 Å². The molecule has 1 fully saturated rings. The molecule has 1 aliphatic carbocycles. The Kier molecular flexibility index (Phi) is 4.59. The third-order valence-electron chi connectivity index (χ3n) is 5.24. The SMILES string of the molecule is CCN(CC)c1ccc2cc(C3N=C4CCCCC4S3)c(=O)oc2c1. The number of thioether (sulfide) groups is 1. The standard InChI is InChI=1S/C20H24N2O2S/c1-3-22(4-2)14-10-9-13-11-15(20(23)24-17(13)12-14)19-21-16-7-5-6-8-18(16)25-19/h9-12,18-19H,3-8H2,1-2H3. The second-order valence-corrected chi connectivity index (χ2v) is 8.01. The number of benzene rings is 1. The molecule has 4 rings (SSSR count). The van der Waals surface area contributed by atoms with E-state index in [0.717, 1.165) is 30.6 Å². The van der Waals surface area contributed by atoms with Crippen molar-refractivity contribution < 1.29 is 4.42 Å². The first-order valence-electron chi connectivity index (χ1n) is 9.24. The van der Waals surface area contributed by atoms with Crippen LogP contribution in [-0.2, 0) is 0 Å². The molecular formula is C20H24N2O2S. The normalized spacial score (nSPS) is 22.7. The molecule has 1 aliphatic heterocycles. The number of nitrogens with zero attached hydrogens (tertiary/aromatic N) is 2. The molecule has 0 N–H and O–H groups in total. The van der Waals surface area contributed by atoms with Gasteiger partial charge in [-0.2, -0.15) is 0 Å². The summed E-state index contributed by atoms with van der Waals surface area (Å²) < 4.78 is 5.67. The summed E-state index contributed by atoms with van der Waals surface area (Å²) in [5.74, 6) is 0. The Morgan fingerprint density at radius 1 is 1.24 bits per heavy atom. The summed E-state index contributed by atoms with van der Waals surface area (Å²) in [6, 6.07) is 8.11. The van der Waals surface area contributed by atoms with Gasteiger partial charge in [0.2, 0.25) is 0 Å². The molecule has 2 aliphatic rings. The van der Waals surface area contributed by atoms with E-state index in [4.69, 9.17) is 9.41 Å². The van der Waals surface area contributed by atoms with Crippen LogP contribution in [0.3, 0.4) is 0 Å². The highest BCUT2D eigenvalue weighted by Crippen LogP contribution is 2.44. The van der Waals surface area contributed by atoms with Crippen LogP contribution in [0.1, 0.15) is 50.5 Å². The van der Waals surface area contributed by atoms with E-state index in [-0.39, 0.29) is 11.0 Å². The molecule has 2 aromatic rings. The van der Waals surface area contributed by atoms with E-state index in [2.05, 4.69) is 30.9 Å². The zero-order chi connectivity index (χ0) is 17.4. The molecule has 1 aromatic carbocycles. The van der Waals surface area contributed by atoms with Gasteiger partial charge in [-0.25, -0.2) is 4.79 Å². The summed E-state index contributed by atoms with van der Waals surface area (Å²) in [6.07, 6.45) is 4.76. The summed E-state index contributed by atoms with van der Waals surface area (Å²) in [6.45, 7) is 6.12. The van der Waals surface area contributed by atoms with Gasteiger partial charge in [-0.05, 0) is 51.3 Å². The number of aliphatic imine (C=N–C) groups is 1. The lowest BCUT2D eigenvalue weighted by atomic mass is 9.98. The topological polar surface area (TPSA) is 45.8 Å². The maximum Gasteiger partial charge on any atom is 0.342 e. The Labute approximate surface area is 152 Å². The van der Waals surface area contributed by atoms with E-state index in [1.54, 1.807) is 0 Å². The van der Waals surface area contributed by atoms with Crippen molar-refractivity contribution in [1.29, 1.82) is 0 Å². The van der Waals surface area contributed by atoms with Gasteiger partial charge in [-0.3, -0.25) is 4.99 Å². The first kappa shape index (κ1) is 16.7. The number of hydrogen-bond acceptors (Lipinski definition) is 5. The van der Waals surface area contributed by atoms with Crippen LogP contribution in [0.15, 0.2) is 38.5 Å². The van der Waals surface area contributed by atoms with Gasteiger partial charge in [-0.15, -0.1) is 11.8 Å². The van der Waals surface area contributed by atoms with Crippen molar-refractivity contribution in [1.82, 2.24) is 0 Å². The Morgan fingerprint density at radius 2 is 2.08 bits per heavy atom. The molecule has 2 heterocycles. The first-order chi connectivity index (χ1) is 12.2.